The number of ether oxygens (including phenoxy) is 2. The lowest BCUT2D eigenvalue weighted by Gasteiger charge is -2.40. The van der Waals surface area contributed by atoms with Crippen LogP contribution >= 0.6 is 11.6 Å². The Morgan fingerprint density at radius 1 is 1.05 bits per heavy atom. The molecular weight excluding hydrogens is 490 g/mol. The van der Waals surface area contributed by atoms with Crippen molar-refractivity contribution in [1.82, 2.24) is 5.32 Å². The van der Waals surface area contributed by atoms with Crippen LogP contribution in [-0.4, -0.2) is 30.1 Å². The first-order chi connectivity index (χ1) is 17.9. The van der Waals surface area contributed by atoms with Crippen molar-refractivity contribution in [3.05, 3.63) is 81.7 Å². The van der Waals surface area contributed by atoms with Crippen LogP contribution in [0.3, 0.4) is 0 Å². The normalized spacial score (nSPS) is 24.1. The third-order valence-corrected chi connectivity index (χ3v) is 8.06. The lowest BCUT2D eigenvalue weighted by Crippen LogP contribution is -2.42. The number of halogens is 1. The van der Waals surface area contributed by atoms with Crippen LogP contribution in [0.1, 0.15) is 68.4 Å². The Balaban J connectivity index is 1.60. The molecule has 2 aliphatic carbocycles. The van der Waals surface area contributed by atoms with E-state index >= 15 is 0 Å². The number of benzene rings is 2. The van der Waals surface area contributed by atoms with E-state index in [0.717, 1.165) is 43.4 Å². The maximum Gasteiger partial charge on any atom is 0.336 e. The first-order valence-electron chi connectivity index (χ1n) is 12.9. The number of carbonyl (C=O) groups excluding carboxylic acids is 2. The molecule has 194 valence electrons. The van der Waals surface area contributed by atoms with Crippen LogP contribution in [-0.2, 0) is 14.3 Å². The highest BCUT2D eigenvalue weighted by molar-refractivity contribution is 6.32. The summed E-state index contributed by atoms with van der Waals surface area (Å²) in [5, 5.41) is 13.8. The topological polar surface area (TPSA) is 84.9 Å². The largest absolute Gasteiger partial charge is 0.503 e. The van der Waals surface area contributed by atoms with Gasteiger partial charge in [-0.25, -0.2) is 4.79 Å². The second kappa shape index (κ2) is 10.6. The SMILES string of the molecule is COc1cc(C2C(C(=O)OC3CCCCC3)=C(C)NC3=CC(c4ccccc4)CC(=O)C32)cc(Cl)c1O. The molecule has 1 aliphatic heterocycles. The Morgan fingerprint density at radius 3 is 2.49 bits per heavy atom. The van der Waals surface area contributed by atoms with Gasteiger partial charge in [0.25, 0.3) is 0 Å². The number of aromatic hydroxyl groups is 1. The van der Waals surface area contributed by atoms with Crippen molar-refractivity contribution in [2.24, 2.45) is 5.92 Å². The molecule has 1 fully saturated rings. The number of carbonyl (C=O) groups is 2. The molecule has 0 spiro atoms. The minimum atomic E-state index is -0.625. The summed E-state index contributed by atoms with van der Waals surface area (Å²) in [6.07, 6.45) is 7.22. The zero-order chi connectivity index (χ0) is 26.1. The number of esters is 1. The molecule has 3 unspecified atom stereocenters. The summed E-state index contributed by atoms with van der Waals surface area (Å²) in [6.45, 7) is 1.84. The van der Waals surface area contributed by atoms with E-state index in [0.29, 0.717) is 23.3 Å². The van der Waals surface area contributed by atoms with E-state index in [1.54, 1.807) is 12.1 Å². The Labute approximate surface area is 222 Å². The van der Waals surface area contributed by atoms with Gasteiger partial charge < -0.3 is 19.9 Å². The number of nitrogens with one attached hydrogen (secondary N) is 1. The van der Waals surface area contributed by atoms with Gasteiger partial charge in [-0.3, -0.25) is 4.79 Å². The molecule has 0 saturated heterocycles. The smallest absolute Gasteiger partial charge is 0.336 e. The predicted molar refractivity (Wildman–Crippen MR) is 142 cm³/mol. The Kier molecular flexibility index (Phi) is 7.29. The van der Waals surface area contributed by atoms with Gasteiger partial charge in [0.1, 0.15) is 11.9 Å². The fraction of sp³-hybridized carbons (Fsp3) is 0.400. The lowest BCUT2D eigenvalue weighted by atomic mass is 9.68. The second-order valence-corrected chi connectivity index (χ2v) is 10.6. The van der Waals surface area contributed by atoms with Gasteiger partial charge in [0.2, 0.25) is 0 Å². The number of hydrogen-bond acceptors (Lipinski definition) is 6. The Hall–Kier alpha value is -3.25. The summed E-state index contributed by atoms with van der Waals surface area (Å²) in [7, 11) is 1.44. The molecule has 0 radical (unpaired) electrons. The maximum absolute atomic E-state index is 13.8. The van der Waals surface area contributed by atoms with Crippen molar-refractivity contribution < 1.29 is 24.2 Å². The maximum atomic E-state index is 13.8. The lowest BCUT2D eigenvalue weighted by molar-refractivity contribution is -0.146. The molecular formula is C30H32ClNO5. The summed E-state index contributed by atoms with van der Waals surface area (Å²) in [6, 6.07) is 13.2. The van der Waals surface area contributed by atoms with Gasteiger partial charge in [-0.05, 0) is 55.9 Å². The van der Waals surface area contributed by atoms with Gasteiger partial charge in [-0.2, -0.15) is 0 Å². The third-order valence-electron chi connectivity index (χ3n) is 7.77. The van der Waals surface area contributed by atoms with E-state index in [1.165, 1.54) is 7.11 Å². The first-order valence-corrected chi connectivity index (χ1v) is 13.3. The second-order valence-electron chi connectivity index (χ2n) is 10.1. The molecule has 37 heavy (non-hydrogen) atoms. The molecule has 3 aliphatic rings. The van der Waals surface area contributed by atoms with Gasteiger partial charge in [-0.1, -0.05) is 54.4 Å². The number of rotatable bonds is 5. The third kappa shape index (κ3) is 4.99. The van der Waals surface area contributed by atoms with E-state index in [1.807, 2.05) is 37.3 Å². The van der Waals surface area contributed by atoms with Crippen LogP contribution in [0.4, 0.5) is 0 Å². The van der Waals surface area contributed by atoms with Crippen molar-refractivity contribution in [2.45, 2.75) is 63.4 Å². The van der Waals surface area contributed by atoms with Crippen molar-refractivity contribution in [3.8, 4) is 11.5 Å². The van der Waals surface area contributed by atoms with Crippen molar-refractivity contribution >= 4 is 23.4 Å². The predicted octanol–water partition coefficient (Wildman–Crippen LogP) is 6.15. The fourth-order valence-corrected chi connectivity index (χ4v) is 6.16. The van der Waals surface area contributed by atoms with E-state index in [9.17, 15) is 14.7 Å². The van der Waals surface area contributed by atoms with E-state index in [4.69, 9.17) is 21.1 Å². The molecule has 5 rings (SSSR count). The molecule has 3 atom stereocenters. The summed E-state index contributed by atoms with van der Waals surface area (Å²) in [5.41, 5.74) is 3.53. The fourth-order valence-electron chi connectivity index (χ4n) is 5.95. The zero-order valence-corrected chi connectivity index (χ0v) is 21.9. The molecule has 0 amide bonds. The number of methoxy groups -OCH3 is 1. The van der Waals surface area contributed by atoms with Gasteiger partial charge in [0.05, 0.1) is 23.6 Å². The number of phenols is 1. The summed E-state index contributed by atoms with van der Waals surface area (Å²) >= 11 is 6.37. The standard InChI is InChI=1S/C30H32ClNO5/c1-17-26(30(35)37-21-11-7-4-8-12-21)27(20-13-22(31)29(34)25(16-20)36-2)28-23(32-17)14-19(15-24(28)33)18-9-5-3-6-10-18/h3,5-6,9-10,13-14,16,19,21,27-28,32,34H,4,7-8,11-12,15H2,1-2H3. The summed E-state index contributed by atoms with van der Waals surface area (Å²) in [5.74, 6) is -1.67. The van der Waals surface area contributed by atoms with Crippen LogP contribution in [0.25, 0.3) is 0 Å². The number of hydrogen-bond donors (Lipinski definition) is 2. The number of phenolic OH excluding ortho intramolecular Hbond substituents is 1. The van der Waals surface area contributed by atoms with Crippen molar-refractivity contribution in [1.29, 1.82) is 0 Å². The molecule has 2 aromatic carbocycles. The average molecular weight is 522 g/mol. The van der Waals surface area contributed by atoms with E-state index in [-0.39, 0.29) is 34.3 Å². The molecule has 1 saturated carbocycles. The monoisotopic (exact) mass is 521 g/mol. The minimum absolute atomic E-state index is 0.0301. The summed E-state index contributed by atoms with van der Waals surface area (Å²) < 4.78 is 11.3. The molecule has 6 nitrogen and oxygen atoms in total. The zero-order valence-electron chi connectivity index (χ0n) is 21.1. The van der Waals surface area contributed by atoms with Crippen molar-refractivity contribution in [3.63, 3.8) is 0 Å². The van der Waals surface area contributed by atoms with E-state index in [2.05, 4.69) is 11.4 Å². The van der Waals surface area contributed by atoms with Gasteiger partial charge in [0, 0.05) is 29.7 Å². The van der Waals surface area contributed by atoms with E-state index < -0.39 is 17.8 Å². The molecule has 7 heteroatoms. The molecule has 1 heterocycles. The van der Waals surface area contributed by atoms with Crippen molar-refractivity contribution in [2.75, 3.05) is 7.11 Å². The van der Waals surface area contributed by atoms with Gasteiger partial charge in [0.15, 0.2) is 11.5 Å². The Bertz CT molecular complexity index is 1260. The minimum Gasteiger partial charge on any atom is -0.503 e. The molecule has 2 N–H and O–H groups in total. The highest BCUT2D eigenvalue weighted by atomic mass is 35.5. The molecule has 0 aromatic heterocycles. The van der Waals surface area contributed by atoms with Gasteiger partial charge in [-0.15, -0.1) is 0 Å². The van der Waals surface area contributed by atoms with Crippen LogP contribution in [0.5, 0.6) is 11.5 Å². The molecule has 0 bridgehead atoms. The van der Waals surface area contributed by atoms with Crippen LogP contribution in [0.15, 0.2) is 65.5 Å². The van der Waals surface area contributed by atoms with Crippen LogP contribution in [0.2, 0.25) is 5.02 Å². The Morgan fingerprint density at radius 2 is 1.78 bits per heavy atom. The highest BCUT2D eigenvalue weighted by Crippen LogP contribution is 2.49. The number of allylic oxidation sites excluding steroid dienone is 3. The number of ketones is 1. The molecule has 2 aromatic rings. The number of fused-ring (bicyclic) bond motifs is 1. The van der Waals surface area contributed by atoms with Crippen LogP contribution < -0.4 is 10.1 Å². The average Bonchev–Trinajstić information content (AvgIpc) is 2.90. The van der Waals surface area contributed by atoms with Crippen LogP contribution in [0, 0.1) is 5.92 Å². The summed E-state index contributed by atoms with van der Waals surface area (Å²) in [4.78, 5) is 27.5. The van der Waals surface area contributed by atoms with Gasteiger partial charge >= 0.3 is 5.97 Å². The highest BCUT2D eigenvalue weighted by Gasteiger charge is 2.45. The quantitative estimate of drug-likeness (QED) is 0.459. The number of Topliss-reactive ketones (excluding diaryl/α,β-unsaturated/α-hetero) is 1. The first kappa shape index (κ1) is 25.4.